The van der Waals surface area contributed by atoms with Gasteiger partial charge in [0.2, 0.25) is 0 Å². The number of fused-ring (bicyclic) bond motifs is 1. The predicted molar refractivity (Wildman–Crippen MR) is 94.5 cm³/mol. The molecular formula is C18H13BrN4. The van der Waals surface area contributed by atoms with Crippen LogP contribution in [0.2, 0.25) is 0 Å². The van der Waals surface area contributed by atoms with Crippen LogP contribution in [0, 0.1) is 6.92 Å². The van der Waals surface area contributed by atoms with E-state index in [1.165, 1.54) is 0 Å². The van der Waals surface area contributed by atoms with Crippen molar-refractivity contribution in [1.29, 1.82) is 0 Å². The topological polar surface area (TPSA) is 43.6 Å². The molecular weight excluding hydrogens is 352 g/mol. The molecule has 4 rings (SSSR count). The Morgan fingerprint density at radius 1 is 1.00 bits per heavy atom. The molecule has 3 aromatic heterocycles. The molecule has 5 heteroatoms. The minimum absolute atomic E-state index is 0.810. The molecule has 0 atom stereocenters. The molecule has 0 fully saturated rings. The number of imidazole rings is 1. The van der Waals surface area contributed by atoms with E-state index < -0.39 is 0 Å². The first-order valence-electron chi connectivity index (χ1n) is 7.25. The van der Waals surface area contributed by atoms with Gasteiger partial charge >= 0.3 is 0 Å². The first-order chi connectivity index (χ1) is 11.2. The van der Waals surface area contributed by atoms with E-state index in [1.807, 2.05) is 49.5 Å². The first-order valence-corrected chi connectivity index (χ1v) is 8.04. The van der Waals surface area contributed by atoms with Crippen LogP contribution in [0.5, 0.6) is 0 Å². The zero-order valence-corrected chi connectivity index (χ0v) is 14.0. The molecule has 0 N–H and O–H groups in total. The third-order valence-electron chi connectivity index (χ3n) is 3.66. The molecule has 23 heavy (non-hydrogen) atoms. The molecule has 4 nitrogen and oxygen atoms in total. The van der Waals surface area contributed by atoms with Gasteiger partial charge in [-0.05, 0) is 49.4 Å². The minimum Gasteiger partial charge on any atom is -0.289 e. The van der Waals surface area contributed by atoms with E-state index in [4.69, 9.17) is 4.98 Å². The highest BCUT2D eigenvalue weighted by Gasteiger charge is 2.15. The Bertz CT molecular complexity index is 975. The van der Waals surface area contributed by atoms with Crippen LogP contribution in [0.15, 0.2) is 65.4 Å². The van der Waals surface area contributed by atoms with Crippen LogP contribution in [-0.4, -0.2) is 19.5 Å². The Hall–Kier alpha value is -2.53. The predicted octanol–water partition coefficient (Wildman–Crippen LogP) is 4.55. The van der Waals surface area contributed by atoms with Gasteiger partial charge in [-0.25, -0.2) is 4.98 Å². The van der Waals surface area contributed by atoms with Crippen molar-refractivity contribution < 1.29 is 0 Å². The van der Waals surface area contributed by atoms with Gasteiger partial charge in [-0.15, -0.1) is 0 Å². The summed E-state index contributed by atoms with van der Waals surface area (Å²) in [5.41, 5.74) is 4.74. The third-order valence-corrected chi connectivity index (χ3v) is 4.16. The fraction of sp³-hybridized carbons (Fsp3) is 0.0556. The molecule has 0 radical (unpaired) electrons. The largest absolute Gasteiger partial charge is 0.289 e. The number of pyridine rings is 2. The minimum atomic E-state index is 0.810. The zero-order chi connectivity index (χ0) is 15.8. The molecule has 0 bridgehead atoms. The van der Waals surface area contributed by atoms with Crippen LogP contribution in [0.1, 0.15) is 5.69 Å². The second-order valence-electron chi connectivity index (χ2n) is 5.28. The Balaban J connectivity index is 2.05. The quantitative estimate of drug-likeness (QED) is 0.523. The summed E-state index contributed by atoms with van der Waals surface area (Å²) in [7, 11) is 0. The molecule has 1 aromatic carbocycles. The average Bonchev–Trinajstić information content (AvgIpc) is 2.95. The molecule has 112 valence electrons. The Kier molecular flexibility index (Phi) is 3.42. The van der Waals surface area contributed by atoms with Gasteiger partial charge in [0.25, 0.3) is 0 Å². The molecule has 0 spiro atoms. The zero-order valence-electron chi connectivity index (χ0n) is 12.4. The maximum Gasteiger partial charge on any atom is 0.164 e. The van der Waals surface area contributed by atoms with Crippen molar-refractivity contribution in [3.8, 4) is 17.2 Å². The van der Waals surface area contributed by atoms with Crippen LogP contribution >= 0.6 is 15.9 Å². The average molecular weight is 365 g/mol. The van der Waals surface area contributed by atoms with Crippen molar-refractivity contribution >= 4 is 27.0 Å². The fourth-order valence-corrected chi connectivity index (χ4v) is 2.92. The van der Waals surface area contributed by atoms with Crippen molar-refractivity contribution in [3.63, 3.8) is 0 Å². The van der Waals surface area contributed by atoms with Gasteiger partial charge in [0.05, 0.1) is 22.9 Å². The lowest BCUT2D eigenvalue weighted by Crippen LogP contribution is -1.99. The van der Waals surface area contributed by atoms with E-state index in [0.29, 0.717) is 0 Å². The number of halogens is 1. The highest BCUT2D eigenvalue weighted by atomic mass is 79.9. The number of rotatable bonds is 2. The maximum atomic E-state index is 4.79. The summed E-state index contributed by atoms with van der Waals surface area (Å²) in [6, 6.07) is 16.0. The van der Waals surface area contributed by atoms with E-state index in [1.54, 1.807) is 6.20 Å². The monoisotopic (exact) mass is 364 g/mol. The summed E-state index contributed by atoms with van der Waals surface area (Å²) in [4.78, 5) is 13.7. The molecule has 0 amide bonds. The lowest BCUT2D eigenvalue weighted by molar-refractivity contribution is 1.05. The van der Waals surface area contributed by atoms with Crippen LogP contribution in [-0.2, 0) is 0 Å². The SMILES string of the molecule is Cc1ccc(-n2c(-c3ccccn3)nc3cc(Br)ccc32)cn1. The van der Waals surface area contributed by atoms with Gasteiger partial charge in [0.1, 0.15) is 5.69 Å². The Morgan fingerprint density at radius 3 is 2.65 bits per heavy atom. The van der Waals surface area contributed by atoms with E-state index >= 15 is 0 Å². The van der Waals surface area contributed by atoms with Crippen molar-refractivity contribution in [2.75, 3.05) is 0 Å². The van der Waals surface area contributed by atoms with Crippen molar-refractivity contribution in [2.24, 2.45) is 0 Å². The molecule has 0 saturated heterocycles. The van der Waals surface area contributed by atoms with Gasteiger partial charge in [0.15, 0.2) is 5.82 Å². The standard InChI is InChI=1S/C18H13BrN4/c1-12-5-7-14(11-21-12)23-17-8-6-13(19)10-16(17)22-18(23)15-4-2-3-9-20-15/h2-11H,1H3. The van der Waals surface area contributed by atoms with Gasteiger partial charge < -0.3 is 0 Å². The smallest absolute Gasteiger partial charge is 0.164 e. The Labute approximate surface area is 142 Å². The molecule has 3 heterocycles. The summed E-state index contributed by atoms with van der Waals surface area (Å²) < 4.78 is 3.10. The second kappa shape index (κ2) is 5.59. The van der Waals surface area contributed by atoms with Gasteiger partial charge in [-0.2, -0.15) is 0 Å². The van der Waals surface area contributed by atoms with Crippen LogP contribution in [0.4, 0.5) is 0 Å². The normalized spacial score (nSPS) is 11.0. The molecule has 0 saturated carbocycles. The van der Waals surface area contributed by atoms with E-state index in [9.17, 15) is 0 Å². The number of hydrogen-bond acceptors (Lipinski definition) is 3. The first kappa shape index (κ1) is 14.1. The lowest BCUT2D eigenvalue weighted by atomic mass is 10.3. The second-order valence-corrected chi connectivity index (χ2v) is 6.19. The lowest BCUT2D eigenvalue weighted by Gasteiger charge is -2.09. The van der Waals surface area contributed by atoms with Crippen molar-refractivity contribution in [2.45, 2.75) is 6.92 Å². The van der Waals surface area contributed by atoms with Crippen molar-refractivity contribution in [1.82, 2.24) is 19.5 Å². The van der Waals surface area contributed by atoms with E-state index in [-0.39, 0.29) is 0 Å². The molecule has 4 aromatic rings. The summed E-state index contributed by atoms with van der Waals surface area (Å²) in [6.45, 7) is 1.98. The third kappa shape index (κ3) is 2.53. The van der Waals surface area contributed by atoms with E-state index in [0.717, 1.165) is 38.4 Å². The van der Waals surface area contributed by atoms with Gasteiger partial charge in [0, 0.05) is 16.4 Å². The molecule has 0 aliphatic carbocycles. The number of aromatic nitrogens is 4. The number of hydrogen-bond donors (Lipinski definition) is 0. The maximum absolute atomic E-state index is 4.79. The van der Waals surface area contributed by atoms with Crippen LogP contribution < -0.4 is 0 Å². The molecule has 0 aliphatic rings. The summed E-state index contributed by atoms with van der Waals surface area (Å²) in [6.07, 6.45) is 3.65. The Morgan fingerprint density at radius 2 is 1.91 bits per heavy atom. The van der Waals surface area contributed by atoms with Gasteiger partial charge in [-0.3, -0.25) is 14.5 Å². The highest BCUT2D eigenvalue weighted by molar-refractivity contribution is 9.10. The number of benzene rings is 1. The van der Waals surface area contributed by atoms with E-state index in [2.05, 4.69) is 42.6 Å². The summed E-state index contributed by atoms with van der Waals surface area (Å²) in [5, 5.41) is 0. The van der Waals surface area contributed by atoms with Crippen molar-refractivity contribution in [3.05, 3.63) is 71.1 Å². The number of nitrogens with zero attached hydrogens (tertiary/aromatic N) is 4. The molecule has 0 unspecified atom stereocenters. The highest BCUT2D eigenvalue weighted by Crippen LogP contribution is 2.29. The summed E-state index contributed by atoms with van der Waals surface area (Å²) in [5.74, 6) is 0.810. The fourth-order valence-electron chi connectivity index (χ4n) is 2.57. The van der Waals surface area contributed by atoms with Crippen LogP contribution in [0.25, 0.3) is 28.2 Å². The van der Waals surface area contributed by atoms with Crippen LogP contribution in [0.3, 0.4) is 0 Å². The molecule has 0 aliphatic heterocycles. The van der Waals surface area contributed by atoms with Gasteiger partial charge in [-0.1, -0.05) is 22.0 Å². The number of aryl methyl sites for hydroxylation is 1. The summed E-state index contributed by atoms with van der Waals surface area (Å²) >= 11 is 3.51.